The Labute approximate surface area is 248 Å². The van der Waals surface area contributed by atoms with Gasteiger partial charge in [0.25, 0.3) is 11.5 Å². The fraction of sp³-hybridized carbons (Fsp3) is 0.161. The number of benzene rings is 3. The summed E-state index contributed by atoms with van der Waals surface area (Å²) in [4.78, 5) is 68.0. The lowest BCUT2D eigenvalue weighted by Gasteiger charge is -2.24. The number of carbonyl (C=O) groups excluding carboxylic acids is 4. The van der Waals surface area contributed by atoms with Crippen LogP contribution in [0, 0.1) is 12.9 Å². The summed E-state index contributed by atoms with van der Waals surface area (Å²) in [5.74, 6) is -5.38. The maximum Gasteiger partial charge on any atom is 0.340 e. The lowest BCUT2D eigenvalue weighted by molar-refractivity contribution is -0.149. The highest BCUT2D eigenvalue weighted by Gasteiger charge is 2.53. The maximum atomic E-state index is 14.6. The van der Waals surface area contributed by atoms with Crippen LogP contribution in [0.4, 0.5) is 4.39 Å². The number of ether oxygens (including phenoxy) is 4. The highest BCUT2D eigenvalue weighted by Crippen LogP contribution is 2.35. The molecule has 0 bridgehead atoms. The number of hydrogen-bond acceptors (Lipinski definition) is 10. The summed E-state index contributed by atoms with van der Waals surface area (Å²) < 4.78 is 38.0. The molecule has 1 aromatic heterocycles. The van der Waals surface area contributed by atoms with Crippen molar-refractivity contribution in [1.29, 1.82) is 0 Å². The van der Waals surface area contributed by atoms with Gasteiger partial charge in [-0.3, -0.25) is 14.2 Å². The SMILES string of the molecule is Cc1ccccc1C(=O)O[C@H]1O[C@@H](n2cc(F)nc(C(N)=O)c2=O)[C@H](OC(=O)c2ccccc2)[C@H]1OC(=O)c1ccccc1. The van der Waals surface area contributed by atoms with Crippen molar-refractivity contribution in [3.05, 3.63) is 135 Å². The molecule has 1 aliphatic rings. The van der Waals surface area contributed by atoms with Gasteiger partial charge in [0.1, 0.15) is 0 Å². The van der Waals surface area contributed by atoms with Crippen LogP contribution >= 0.6 is 0 Å². The third-order valence-electron chi connectivity index (χ3n) is 6.65. The van der Waals surface area contributed by atoms with E-state index in [1.54, 1.807) is 61.5 Å². The van der Waals surface area contributed by atoms with Crippen molar-refractivity contribution in [2.75, 3.05) is 0 Å². The smallest absolute Gasteiger partial charge is 0.340 e. The molecule has 5 rings (SSSR count). The molecule has 2 N–H and O–H groups in total. The molecule has 4 atom stereocenters. The van der Waals surface area contributed by atoms with Gasteiger partial charge in [0.05, 0.1) is 22.9 Å². The van der Waals surface area contributed by atoms with Crippen LogP contribution in [0.5, 0.6) is 0 Å². The molecule has 2 heterocycles. The first-order valence-electron chi connectivity index (χ1n) is 13.2. The van der Waals surface area contributed by atoms with Gasteiger partial charge in [0.15, 0.2) is 18.0 Å². The number of esters is 3. The van der Waals surface area contributed by atoms with Gasteiger partial charge in [-0.1, -0.05) is 54.6 Å². The average Bonchev–Trinajstić information content (AvgIpc) is 3.34. The van der Waals surface area contributed by atoms with Crippen molar-refractivity contribution >= 4 is 23.8 Å². The van der Waals surface area contributed by atoms with Gasteiger partial charge in [0.2, 0.25) is 18.3 Å². The quantitative estimate of drug-likeness (QED) is 0.234. The topological polar surface area (TPSA) is 166 Å². The first-order valence-corrected chi connectivity index (χ1v) is 13.2. The number of nitrogens with zero attached hydrogens (tertiary/aromatic N) is 2. The molecule has 0 aliphatic carbocycles. The van der Waals surface area contributed by atoms with Crippen LogP contribution in [-0.4, -0.2) is 51.9 Å². The van der Waals surface area contributed by atoms with E-state index in [1.807, 2.05) is 0 Å². The van der Waals surface area contributed by atoms with Gasteiger partial charge in [-0.05, 0) is 42.8 Å². The van der Waals surface area contributed by atoms with E-state index in [1.165, 1.54) is 30.3 Å². The fourth-order valence-corrected chi connectivity index (χ4v) is 4.51. The predicted molar refractivity (Wildman–Crippen MR) is 149 cm³/mol. The van der Waals surface area contributed by atoms with Crippen LogP contribution in [-0.2, 0) is 18.9 Å². The van der Waals surface area contributed by atoms with Gasteiger partial charge in [-0.25, -0.2) is 19.4 Å². The molecule has 224 valence electrons. The van der Waals surface area contributed by atoms with Crippen molar-refractivity contribution in [2.45, 2.75) is 31.6 Å². The minimum atomic E-state index is -1.78. The Morgan fingerprint density at radius 1 is 0.795 bits per heavy atom. The van der Waals surface area contributed by atoms with Crippen LogP contribution in [0.25, 0.3) is 0 Å². The van der Waals surface area contributed by atoms with Crippen molar-refractivity contribution in [3.63, 3.8) is 0 Å². The van der Waals surface area contributed by atoms with E-state index >= 15 is 0 Å². The zero-order valence-electron chi connectivity index (χ0n) is 23.0. The first kappa shape index (κ1) is 29.8. The molecule has 12 nitrogen and oxygen atoms in total. The third-order valence-corrected chi connectivity index (χ3v) is 6.65. The van der Waals surface area contributed by atoms with E-state index < -0.39 is 65.7 Å². The Hall–Kier alpha value is -5.69. The number of aromatic nitrogens is 2. The minimum Gasteiger partial charge on any atom is -0.450 e. The van der Waals surface area contributed by atoms with Crippen molar-refractivity contribution in [3.8, 4) is 0 Å². The van der Waals surface area contributed by atoms with Gasteiger partial charge < -0.3 is 24.7 Å². The summed E-state index contributed by atoms with van der Waals surface area (Å²) in [6.45, 7) is 1.66. The number of hydrogen-bond donors (Lipinski definition) is 1. The molecule has 1 amide bonds. The van der Waals surface area contributed by atoms with Crippen LogP contribution in [0.3, 0.4) is 0 Å². The lowest BCUT2D eigenvalue weighted by Crippen LogP contribution is -2.43. The van der Waals surface area contributed by atoms with E-state index in [0.717, 1.165) is 0 Å². The molecule has 1 fully saturated rings. The minimum absolute atomic E-state index is 0.0748. The Morgan fingerprint density at radius 2 is 1.34 bits per heavy atom. The third kappa shape index (κ3) is 6.22. The molecule has 0 saturated carbocycles. The van der Waals surface area contributed by atoms with Crippen molar-refractivity contribution < 1.29 is 42.5 Å². The lowest BCUT2D eigenvalue weighted by atomic mass is 10.1. The Morgan fingerprint density at radius 3 is 1.91 bits per heavy atom. The molecular formula is C31H24FN3O9. The second-order valence-corrected chi connectivity index (χ2v) is 9.58. The maximum absolute atomic E-state index is 14.6. The van der Waals surface area contributed by atoms with Crippen molar-refractivity contribution in [1.82, 2.24) is 9.55 Å². The fourth-order valence-electron chi connectivity index (χ4n) is 4.51. The number of rotatable bonds is 8. The van der Waals surface area contributed by atoms with E-state index in [-0.39, 0.29) is 16.7 Å². The summed E-state index contributed by atoms with van der Waals surface area (Å²) in [5.41, 5.74) is 3.92. The number of halogens is 1. The molecule has 1 aliphatic heterocycles. The number of aryl methyl sites for hydroxylation is 1. The largest absolute Gasteiger partial charge is 0.450 e. The molecular weight excluding hydrogens is 577 g/mol. The molecule has 44 heavy (non-hydrogen) atoms. The average molecular weight is 602 g/mol. The standard InChI is InChI=1S/C31H24FN3O9/c1-17-10-8-9-15-20(17)30(40)44-31-24(42-29(39)19-13-6-3-7-14-19)23(41-28(38)18-11-4-2-5-12-18)27(43-31)35-16-21(32)34-22(25(33)36)26(35)37/h2-16,23-24,27,31H,1H3,(H2,33,36)/t23-,24-,27-,31-/m1/s1. The Kier molecular flexibility index (Phi) is 8.58. The number of amides is 1. The van der Waals surface area contributed by atoms with Gasteiger partial charge >= 0.3 is 17.9 Å². The second-order valence-electron chi connectivity index (χ2n) is 9.58. The van der Waals surface area contributed by atoms with Crippen molar-refractivity contribution in [2.24, 2.45) is 5.73 Å². The van der Waals surface area contributed by atoms with E-state index in [2.05, 4.69) is 4.98 Å². The van der Waals surface area contributed by atoms with Gasteiger partial charge in [-0.2, -0.15) is 4.39 Å². The van der Waals surface area contributed by atoms with Gasteiger partial charge in [0, 0.05) is 0 Å². The van der Waals surface area contributed by atoms with Crippen LogP contribution < -0.4 is 11.3 Å². The molecule has 0 spiro atoms. The van der Waals surface area contributed by atoms with E-state index in [0.29, 0.717) is 16.3 Å². The van der Waals surface area contributed by atoms with Gasteiger partial charge in [-0.15, -0.1) is 0 Å². The number of carbonyl (C=O) groups is 4. The molecule has 1 saturated heterocycles. The zero-order valence-corrected chi connectivity index (χ0v) is 23.0. The number of primary amides is 1. The van der Waals surface area contributed by atoms with Crippen LogP contribution in [0.2, 0.25) is 0 Å². The highest BCUT2D eigenvalue weighted by atomic mass is 19.1. The molecule has 3 aromatic carbocycles. The normalized spacial score (nSPS) is 19.1. The summed E-state index contributed by atoms with van der Waals surface area (Å²) >= 11 is 0. The second kappa shape index (κ2) is 12.7. The molecule has 0 radical (unpaired) electrons. The van der Waals surface area contributed by atoms with Crippen LogP contribution in [0.15, 0.2) is 95.9 Å². The molecule has 13 heteroatoms. The summed E-state index contributed by atoms with van der Waals surface area (Å²) in [7, 11) is 0. The van der Waals surface area contributed by atoms with E-state index in [9.17, 15) is 28.4 Å². The predicted octanol–water partition coefficient (Wildman–Crippen LogP) is 2.95. The number of nitrogens with two attached hydrogens (primary N) is 1. The first-order chi connectivity index (χ1) is 21.1. The monoisotopic (exact) mass is 601 g/mol. The summed E-state index contributed by atoms with van der Waals surface area (Å²) in [6.07, 6.45) is -6.38. The summed E-state index contributed by atoms with van der Waals surface area (Å²) in [5, 5.41) is 0. The van der Waals surface area contributed by atoms with Crippen LogP contribution in [0.1, 0.15) is 53.4 Å². The molecule has 0 unspecified atom stereocenters. The summed E-state index contributed by atoms with van der Waals surface area (Å²) in [6, 6.07) is 21.9. The Balaban J connectivity index is 1.60. The molecule has 4 aromatic rings. The van der Waals surface area contributed by atoms with E-state index in [4.69, 9.17) is 24.7 Å². The Bertz CT molecular complexity index is 1780. The highest BCUT2D eigenvalue weighted by molar-refractivity contribution is 5.92. The zero-order chi connectivity index (χ0) is 31.4.